The van der Waals surface area contributed by atoms with E-state index in [9.17, 15) is 9.90 Å². The van der Waals surface area contributed by atoms with Crippen molar-refractivity contribution in [3.63, 3.8) is 0 Å². The molecule has 1 atom stereocenters. The largest absolute Gasteiger partial charge is 0.389 e. The molecule has 1 unspecified atom stereocenters. The number of nitrogens with one attached hydrogen (secondary N) is 1. The maximum absolute atomic E-state index is 11.9. The molecule has 0 aromatic heterocycles. The topological polar surface area (TPSA) is 61.8 Å². The highest BCUT2D eigenvalue weighted by Gasteiger charge is 2.14. The predicted molar refractivity (Wildman–Crippen MR) is 76.0 cm³/mol. The van der Waals surface area contributed by atoms with Crippen LogP contribution in [0.5, 0.6) is 0 Å². The summed E-state index contributed by atoms with van der Waals surface area (Å²) >= 11 is 11.7. The number of halogens is 2. The second-order valence-electron chi connectivity index (χ2n) is 4.04. The van der Waals surface area contributed by atoms with Crippen LogP contribution in [0.3, 0.4) is 0 Å². The Balaban J connectivity index is 2.58. The summed E-state index contributed by atoms with van der Waals surface area (Å²) in [5.41, 5.74) is 0.462. The van der Waals surface area contributed by atoms with Crippen molar-refractivity contribution in [2.75, 3.05) is 32.6 Å². The molecule has 19 heavy (non-hydrogen) atoms. The summed E-state index contributed by atoms with van der Waals surface area (Å²) in [5.74, 6) is 0. The Morgan fingerprint density at radius 3 is 2.79 bits per heavy atom. The molecule has 5 nitrogen and oxygen atoms in total. The van der Waals surface area contributed by atoms with Crippen molar-refractivity contribution in [1.29, 1.82) is 0 Å². The third-order valence-corrected chi connectivity index (χ3v) is 2.91. The molecule has 0 radical (unpaired) electrons. The Morgan fingerprint density at radius 2 is 2.21 bits per heavy atom. The molecular formula is C12H16Cl2N2O3. The number of hydrogen-bond donors (Lipinski definition) is 2. The molecule has 0 aliphatic heterocycles. The Morgan fingerprint density at radius 1 is 1.53 bits per heavy atom. The standard InChI is InChI=1S/C12H16Cl2N2O3/c1-16(6-9(17)7-19-2)12(18)15-11-4-3-8(13)5-10(11)14/h3-5,9,17H,6-7H2,1-2H3,(H,15,18). The third kappa shape index (κ3) is 5.24. The van der Waals surface area contributed by atoms with Crippen molar-refractivity contribution in [3.8, 4) is 0 Å². The summed E-state index contributed by atoms with van der Waals surface area (Å²) in [7, 11) is 3.05. The quantitative estimate of drug-likeness (QED) is 0.878. The highest BCUT2D eigenvalue weighted by molar-refractivity contribution is 6.36. The van der Waals surface area contributed by atoms with Crippen molar-refractivity contribution >= 4 is 34.9 Å². The van der Waals surface area contributed by atoms with E-state index in [1.165, 1.54) is 12.0 Å². The fourth-order valence-corrected chi connectivity index (χ4v) is 1.90. The fraction of sp³-hybridized carbons (Fsp3) is 0.417. The number of aliphatic hydroxyl groups excluding tert-OH is 1. The van der Waals surface area contributed by atoms with E-state index in [2.05, 4.69) is 5.32 Å². The number of likely N-dealkylation sites (N-methyl/N-ethyl adjacent to an activating group) is 1. The molecule has 0 saturated carbocycles. The van der Waals surface area contributed by atoms with Gasteiger partial charge in [-0.3, -0.25) is 0 Å². The van der Waals surface area contributed by atoms with Gasteiger partial charge in [-0.15, -0.1) is 0 Å². The van der Waals surface area contributed by atoms with Crippen molar-refractivity contribution in [2.45, 2.75) is 6.10 Å². The lowest BCUT2D eigenvalue weighted by Crippen LogP contribution is -2.38. The molecular weight excluding hydrogens is 291 g/mol. The lowest BCUT2D eigenvalue weighted by atomic mass is 10.3. The van der Waals surface area contributed by atoms with E-state index >= 15 is 0 Å². The van der Waals surface area contributed by atoms with Crippen LogP contribution < -0.4 is 5.32 Å². The zero-order valence-corrected chi connectivity index (χ0v) is 12.2. The van der Waals surface area contributed by atoms with Crippen LogP contribution in [-0.4, -0.2) is 49.5 Å². The molecule has 0 saturated heterocycles. The molecule has 0 heterocycles. The Labute approximate surface area is 122 Å². The van der Waals surface area contributed by atoms with Crippen molar-refractivity contribution in [3.05, 3.63) is 28.2 Å². The van der Waals surface area contributed by atoms with Gasteiger partial charge < -0.3 is 20.1 Å². The monoisotopic (exact) mass is 306 g/mol. The molecule has 0 fully saturated rings. The summed E-state index contributed by atoms with van der Waals surface area (Å²) in [6.07, 6.45) is -0.735. The van der Waals surface area contributed by atoms with E-state index in [4.69, 9.17) is 27.9 Å². The molecule has 1 rings (SSSR count). The van der Waals surface area contributed by atoms with Gasteiger partial charge in [0.2, 0.25) is 0 Å². The molecule has 7 heteroatoms. The first-order chi connectivity index (χ1) is 8.93. The molecule has 1 aromatic rings. The molecule has 2 N–H and O–H groups in total. The van der Waals surface area contributed by atoms with Gasteiger partial charge in [0.1, 0.15) is 0 Å². The number of rotatable bonds is 5. The van der Waals surface area contributed by atoms with Gasteiger partial charge in [-0.2, -0.15) is 0 Å². The van der Waals surface area contributed by atoms with Gasteiger partial charge in [-0.25, -0.2) is 4.79 Å². The van der Waals surface area contributed by atoms with Gasteiger partial charge >= 0.3 is 6.03 Å². The molecule has 0 aliphatic carbocycles. The number of carbonyl (C=O) groups is 1. The Kier molecular flexibility index (Phi) is 6.37. The van der Waals surface area contributed by atoms with E-state index in [-0.39, 0.29) is 19.2 Å². The molecule has 1 aromatic carbocycles. The molecule has 0 bridgehead atoms. The van der Waals surface area contributed by atoms with Crippen molar-refractivity contribution in [2.24, 2.45) is 0 Å². The van der Waals surface area contributed by atoms with E-state index in [1.54, 1.807) is 25.2 Å². The fourth-order valence-electron chi connectivity index (χ4n) is 1.45. The average molecular weight is 307 g/mol. The molecule has 106 valence electrons. The summed E-state index contributed by atoms with van der Waals surface area (Å²) in [6.45, 7) is 0.324. The minimum absolute atomic E-state index is 0.158. The summed E-state index contributed by atoms with van der Waals surface area (Å²) < 4.78 is 4.79. The van der Waals surface area contributed by atoms with Crippen LogP contribution in [0, 0.1) is 0 Å². The average Bonchev–Trinajstić information content (AvgIpc) is 2.32. The zero-order valence-electron chi connectivity index (χ0n) is 10.7. The third-order valence-electron chi connectivity index (χ3n) is 2.36. The van der Waals surface area contributed by atoms with E-state index in [0.29, 0.717) is 15.7 Å². The number of nitrogens with zero attached hydrogens (tertiary/aromatic N) is 1. The lowest BCUT2D eigenvalue weighted by Gasteiger charge is -2.21. The number of amides is 2. The lowest BCUT2D eigenvalue weighted by molar-refractivity contribution is 0.0501. The van der Waals surface area contributed by atoms with Crippen LogP contribution >= 0.6 is 23.2 Å². The van der Waals surface area contributed by atoms with Crippen LogP contribution in [0.1, 0.15) is 0 Å². The van der Waals surface area contributed by atoms with Gasteiger partial charge in [0.05, 0.1) is 30.0 Å². The maximum Gasteiger partial charge on any atom is 0.321 e. The van der Waals surface area contributed by atoms with Crippen LogP contribution in [0.4, 0.5) is 10.5 Å². The van der Waals surface area contributed by atoms with Crippen LogP contribution in [0.25, 0.3) is 0 Å². The predicted octanol–water partition coefficient (Wildman–Crippen LogP) is 2.46. The first kappa shape index (κ1) is 16.0. The van der Waals surface area contributed by atoms with Gasteiger partial charge in [-0.1, -0.05) is 23.2 Å². The minimum atomic E-state index is -0.735. The SMILES string of the molecule is COCC(O)CN(C)C(=O)Nc1ccc(Cl)cc1Cl. The zero-order chi connectivity index (χ0) is 14.4. The van der Waals surface area contributed by atoms with Crippen LogP contribution in [0.15, 0.2) is 18.2 Å². The highest BCUT2D eigenvalue weighted by Crippen LogP contribution is 2.25. The molecule has 0 aliphatic rings. The second kappa shape index (κ2) is 7.55. The maximum atomic E-state index is 11.9. The molecule has 2 amide bonds. The number of carbonyl (C=O) groups excluding carboxylic acids is 1. The number of aliphatic hydroxyl groups is 1. The molecule has 0 spiro atoms. The Bertz CT molecular complexity index is 443. The first-order valence-electron chi connectivity index (χ1n) is 5.58. The minimum Gasteiger partial charge on any atom is -0.389 e. The van der Waals surface area contributed by atoms with Gasteiger partial charge in [-0.05, 0) is 18.2 Å². The Hall–Kier alpha value is -1.01. The smallest absolute Gasteiger partial charge is 0.321 e. The van der Waals surface area contributed by atoms with Crippen LogP contribution in [-0.2, 0) is 4.74 Å². The number of anilines is 1. The van der Waals surface area contributed by atoms with Gasteiger partial charge in [0.15, 0.2) is 0 Å². The van der Waals surface area contributed by atoms with Crippen LogP contribution in [0.2, 0.25) is 10.0 Å². The first-order valence-corrected chi connectivity index (χ1v) is 6.33. The van der Waals surface area contributed by atoms with Gasteiger partial charge in [0, 0.05) is 19.2 Å². The summed E-state index contributed by atoms with van der Waals surface area (Å²) in [5, 5.41) is 13.0. The second-order valence-corrected chi connectivity index (χ2v) is 4.89. The number of hydrogen-bond acceptors (Lipinski definition) is 3. The number of benzene rings is 1. The highest BCUT2D eigenvalue weighted by atomic mass is 35.5. The van der Waals surface area contributed by atoms with E-state index in [1.807, 2.05) is 0 Å². The number of methoxy groups -OCH3 is 1. The van der Waals surface area contributed by atoms with Crippen molar-refractivity contribution in [1.82, 2.24) is 4.90 Å². The number of ether oxygens (including phenoxy) is 1. The van der Waals surface area contributed by atoms with E-state index < -0.39 is 6.10 Å². The van der Waals surface area contributed by atoms with E-state index in [0.717, 1.165) is 0 Å². The number of urea groups is 1. The van der Waals surface area contributed by atoms with Crippen molar-refractivity contribution < 1.29 is 14.6 Å². The summed E-state index contributed by atoms with van der Waals surface area (Å²) in [4.78, 5) is 13.2. The normalized spacial score (nSPS) is 12.1. The summed E-state index contributed by atoms with van der Waals surface area (Å²) in [6, 6.07) is 4.41. The van der Waals surface area contributed by atoms with Gasteiger partial charge in [0.25, 0.3) is 0 Å².